The Balaban J connectivity index is 1.78. The van der Waals surface area contributed by atoms with Crippen LogP contribution in [0.2, 0.25) is 0 Å². The molecule has 0 saturated heterocycles. The van der Waals surface area contributed by atoms with E-state index in [-0.39, 0.29) is 13.4 Å². The highest BCUT2D eigenvalue weighted by atomic mass is 32.1. The summed E-state index contributed by atoms with van der Waals surface area (Å²) < 4.78 is 2.84. The lowest BCUT2D eigenvalue weighted by atomic mass is 9.36. The Kier molecular flexibility index (Phi) is 8.46. The largest absolute Gasteiger partial charge is 0.254 e. The van der Waals surface area contributed by atoms with Gasteiger partial charge in [-0.05, 0) is 85.7 Å². The van der Waals surface area contributed by atoms with E-state index in [1.807, 2.05) is 11.3 Å². The van der Waals surface area contributed by atoms with E-state index in [0.717, 1.165) is 0 Å². The van der Waals surface area contributed by atoms with Gasteiger partial charge in [0.2, 0.25) is 0 Å². The fourth-order valence-electron chi connectivity index (χ4n) is 7.65. The van der Waals surface area contributed by atoms with Gasteiger partial charge in [0.25, 0.3) is 13.4 Å². The van der Waals surface area contributed by atoms with Crippen molar-refractivity contribution < 1.29 is 0 Å². The number of hydrogen-bond donors (Lipinski definition) is 0. The predicted molar refractivity (Wildman–Crippen MR) is 192 cm³/mol. The molecule has 0 aliphatic carbocycles. The van der Waals surface area contributed by atoms with Crippen LogP contribution in [0.25, 0.3) is 0 Å². The third-order valence-corrected chi connectivity index (χ3v) is 10.2. The highest BCUT2D eigenvalue weighted by Gasteiger charge is 2.33. The summed E-state index contributed by atoms with van der Waals surface area (Å²) in [6.07, 6.45) is 0. The van der Waals surface area contributed by atoms with Gasteiger partial charge in [0.1, 0.15) is 0 Å². The van der Waals surface area contributed by atoms with Crippen molar-refractivity contribution >= 4 is 56.2 Å². The second kappa shape index (κ2) is 11.8. The van der Waals surface area contributed by atoms with Crippen LogP contribution in [0.3, 0.4) is 0 Å². The van der Waals surface area contributed by atoms with Gasteiger partial charge in [0.15, 0.2) is 0 Å². The number of hydrogen-bond acceptors (Lipinski definition) is 1. The molecule has 0 radical (unpaired) electrons. The van der Waals surface area contributed by atoms with Crippen LogP contribution in [0.1, 0.15) is 61.2 Å². The molecule has 0 saturated carbocycles. The smallest absolute Gasteiger partial charge is 0.163 e. The number of rotatable bonds is 6. The predicted octanol–water partition coefficient (Wildman–Crippen LogP) is 6.17. The third kappa shape index (κ3) is 5.69. The van der Waals surface area contributed by atoms with E-state index in [9.17, 15) is 0 Å². The monoisotopic (exact) mass is 566 g/mol. The summed E-state index contributed by atoms with van der Waals surface area (Å²) in [6, 6.07) is 26.0. The Bertz CT molecular complexity index is 1680. The van der Waals surface area contributed by atoms with Crippen LogP contribution in [-0.2, 0) is 0 Å². The van der Waals surface area contributed by atoms with Crippen molar-refractivity contribution in [3.05, 3.63) is 128 Å². The molecular formula is C39H44B2S. The van der Waals surface area contributed by atoms with Gasteiger partial charge in [0, 0.05) is 0 Å². The molecule has 1 aromatic heterocycles. The van der Waals surface area contributed by atoms with Crippen molar-refractivity contribution in [3.63, 3.8) is 0 Å². The molecule has 0 aliphatic rings. The van der Waals surface area contributed by atoms with E-state index < -0.39 is 0 Å². The average molecular weight is 566 g/mol. The third-order valence-electron chi connectivity index (χ3n) is 9.03. The van der Waals surface area contributed by atoms with Crippen LogP contribution in [0, 0.1) is 76.2 Å². The molecule has 0 atom stereocenters. The topological polar surface area (TPSA) is 0 Å². The summed E-state index contributed by atoms with van der Waals surface area (Å²) >= 11 is 2.01. The molecule has 5 rings (SSSR count). The lowest BCUT2D eigenvalue weighted by molar-refractivity contribution is 1.34. The van der Waals surface area contributed by atoms with Crippen molar-refractivity contribution in [1.82, 2.24) is 0 Å². The van der Waals surface area contributed by atoms with Gasteiger partial charge in [-0.15, -0.1) is 0 Å². The maximum Gasteiger partial charge on any atom is 0.254 e. The SMILES string of the molecule is Cc1ccc(B(c2ccc(B(c3c(C)cc(C)cc3C)c3c(C)cc(C)cc3C)s2)c2c(C)cc(C)cc2C)c(C)c1. The maximum absolute atomic E-state index is 2.43. The zero-order valence-electron chi connectivity index (χ0n) is 27.4. The molecule has 0 amide bonds. The zero-order valence-corrected chi connectivity index (χ0v) is 28.2. The molecule has 5 aromatic rings. The maximum atomic E-state index is 2.43. The van der Waals surface area contributed by atoms with Crippen LogP contribution in [0.5, 0.6) is 0 Å². The van der Waals surface area contributed by atoms with Gasteiger partial charge in [0.05, 0.1) is 0 Å². The summed E-state index contributed by atoms with van der Waals surface area (Å²) in [5.74, 6) is 0. The van der Waals surface area contributed by atoms with E-state index in [4.69, 9.17) is 0 Å². The van der Waals surface area contributed by atoms with Crippen LogP contribution >= 0.6 is 11.3 Å². The molecule has 3 heteroatoms. The molecule has 0 N–H and O–H groups in total. The van der Waals surface area contributed by atoms with Crippen molar-refractivity contribution in [2.75, 3.05) is 0 Å². The fraction of sp³-hybridized carbons (Fsp3) is 0.282. The molecule has 212 valence electrons. The highest BCUT2D eigenvalue weighted by molar-refractivity contribution is 7.36. The molecule has 4 aromatic carbocycles. The first-order valence-corrected chi connectivity index (χ1v) is 16.1. The second-order valence-corrected chi connectivity index (χ2v) is 14.1. The zero-order chi connectivity index (χ0) is 30.5. The fourth-order valence-corrected chi connectivity index (χ4v) is 8.91. The molecule has 0 nitrogen and oxygen atoms in total. The first-order valence-electron chi connectivity index (χ1n) is 15.3. The summed E-state index contributed by atoms with van der Waals surface area (Å²) in [5, 5.41) is 0. The van der Waals surface area contributed by atoms with Crippen LogP contribution in [0.4, 0.5) is 0 Å². The Morgan fingerprint density at radius 3 is 1.07 bits per heavy atom. The molecule has 1 heterocycles. The van der Waals surface area contributed by atoms with Crippen LogP contribution < -0.4 is 31.4 Å². The molecule has 0 unspecified atom stereocenters. The lowest BCUT2D eigenvalue weighted by Gasteiger charge is -2.24. The first-order chi connectivity index (χ1) is 19.8. The minimum atomic E-state index is 0.199. The minimum absolute atomic E-state index is 0.199. The highest BCUT2D eigenvalue weighted by Crippen LogP contribution is 2.16. The Morgan fingerprint density at radius 2 is 0.690 bits per heavy atom. The van der Waals surface area contributed by atoms with Crippen molar-refractivity contribution in [2.45, 2.75) is 76.2 Å². The summed E-state index contributed by atoms with van der Waals surface area (Å²) in [4.78, 5) is 0. The van der Waals surface area contributed by atoms with Gasteiger partial charge in [-0.2, -0.15) is 11.3 Å². The van der Waals surface area contributed by atoms with Gasteiger partial charge >= 0.3 is 0 Å². The van der Waals surface area contributed by atoms with Crippen molar-refractivity contribution in [2.24, 2.45) is 0 Å². The molecule has 0 aliphatic heterocycles. The molecule has 0 bridgehead atoms. The molecular weight excluding hydrogens is 522 g/mol. The van der Waals surface area contributed by atoms with E-state index in [0.29, 0.717) is 0 Å². The van der Waals surface area contributed by atoms with E-state index in [2.05, 4.69) is 143 Å². The van der Waals surface area contributed by atoms with Gasteiger partial charge in [-0.3, -0.25) is 0 Å². The van der Waals surface area contributed by atoms with Gasteiger partial charge in [-0.25, -0.2) is 0 Å². The minimum Gasteiger partial charge on any atom is -0.163 e. The summed E-state index contributed by atoms with van der Waals surface area (Å²) in [5.41, 5.74) is 20.7. The Hall–Kier alpha value is -3.29. The van der Waals surface area contributed by atoms with Gasteiger partial charge < -0.3 is 0 Å². The van der Waals surface area contributed by atoms with E-state index in [1.54, 1.807) is 0 Å². The average Bonchev–Trinajstić information content (AvgIpc) is 3.34. The Morgan fingerprint density at radius 1 is 0.357 bits per heavy atom. The van der Waals surface area contributed by atoms with Gasteiger partial charge in [-0.1, -0.05) is 150 Å². The normalized spacial score (nSPS) is 11.2. The van der Waals surface area contributed by atoms with E-state index >= 15 is 0 Å². The lowest BCUT2D eigenvalue weighted by Crippen LogP contribution is -2.56. The van der Waals surface area contributed by atoms with E-state index in [1.165, 1.54) is 92.6 Å². The molecule has 42 heavy (non-hydrogen) atoms. The summed E-state index contributed by atoms with van der Waals surface area (Å²) in [7, 11) is 0. The quantitative estimate of drug-likeness (QED) is 0.216. The number of benzene rings is 4. The molecule has 0 spiro atoms. The summed E-state index contributed by atoms with van der Waals surface area (Å²) in [6.45, 7) is 25.3. The molecule has 0 fully saturated rings. The van der Waals surface area contributed by atoms with Crippen molar-refractivity contribution in [1.29, 1.82) is 0 Å². The van der Waals surface area contributed by atoms with Crippen LogP contribution in [0.15, 0.2) is 66.7 Å². The van der Waals surface area contributed by atoms with Crippen molar-refractivity contribution in [3.8, 4) is 0 Å². The number of aryl methyl sites for hydroxylation is 11. The second-order valence-electron chi connectivity index (χ2n) is 12.9. The number of thiophene rings is 1. The standard InChI is InChI=1S/C39H44B2S/c1-23-12-13-34(27(5)16-23)40(37-28(6)17-24(2)18-29(37)7)35-14-15-36(42-35)41(38-30(8)19-25(3)20-31(38)9)39-32(10)21-26(4)22-33(39)11/h12-22H,1-11H3. The van der Waals surface area contributed by atoms with Crippen LogP contribution in [-0.4, -0.2) is 13.4 Å². The Labute approximate surface area is 259 Å². The first kappa shape index (κ1) is 30.2.